The van der Waals surface area contributed by atoms with Crippen molar-refractivity contribution in [2.45, 2.75) is 25.7 Å². The second-order valence-electron chi connectivity index (χ2n) is 7.71. The lowest BCUT2D eigenvalue weighted by Gasteiger charge is -2.18. The molecular weight excluding hydrogens is 350 g/mol. The molecule has 28 heavy (non-hydrogen) atoms. The van der Waals surface area contributed by atoms with Crippen molar-refractivity contribution in [1.29, 1.82) is 0 Å². The van der Waals surface area contributed by atoms with Gasteiger partial charge < -0.3 is 15.1 Å². The first-order chi connectivity index (χ1) is 13.7. The van der Waals surface area contributed by atoms with Gasteiger partial charge in [-0.2, -0.15) is 0 Å². The summed E-state index contributed by atoms with van der Waals surface area (Å²) in [6.45, 7) is 3.38. The van der Waals surface area contributed by atoms with Crippen LogP contribution in [0.3, 0.4) is 0 Å². The molecule has 0 saturated carbocycles. The maximum Gasteiger partial charge on any atom is 0.229 e. The van der Waals surface area contributed by atoms with Crippen molar-refractivity contribution in [3.8, 4) is 0 Å². The van der Waals surface area contributed by atoms with Crippen LogP contribution >= 0.6 is 0 Å². The van der Waals surface area contributed by atoms with Crippen molar-refractivity contribution in [3.63, 3.8) is 0 Å². The van der Waals surface area contributed by atoms with E-state index in [1.165, 1.54) is 24.1 Å². The van der Waals surface area contributed by atoms with E-state index in [1.54, 1.807) is 0 Å². The Balaban J connectivity index is 1.29. The van der Waals surface area contributed by atoms with Crippen LogP contribution in [0.2, 0.25) is 0 Å². The van der Waals surface area contributed by atoms with E-state index in [2.05, 4.69) is 34.5 Å². The number of rotatable bonds is 6. The van der Waals surface area contributed by atoms with Crippen molar-refractivity contribution in [3.05, 3.63) is 60.2 Å². The molecule has 1 unspecified atom stereocenters. The molecule has 5 heteroatoms. The van der Waals surface area contributed by atoms with Gasteiger partial charge in [-0.1, -0.05) is 30.3 Å². The van der Waals surface area contributed by atoms with Crippen LogP contribution in [-0.4, -0.2) is 42.9 Å². The fraction of sp³-hybridized carbons (Fsp3) is 0.391. The predicted molar refractivity (Wildman–Crippen MR) is 111 cm³/mol. The van der Waals surface area contributed by atoms with Gasteiger partial charge in [0.15, 0.2) is 0 Å². The molecule has 2 aromatic rings. The molecular formula is C23H27N3O2. The molecule has 0 aliphatic carbocycles. The minimum absolute atomic E-state index is 0.0653. The molecule has 146 valence electrons. The number of nitrogens with zero attached hydrogens (tertiary/aromatic N) is 2. The van der Waals surface area contributed by atoms with E-state index < -0.39 is 0 Å². The van der Waals surface area contributed by atoms with Crippen molar-refractivity contribution in [2.24, 2.45) is 5.92 Å². The second kappa shape index (κ2) is 8.46. The molecule has 2 aromatic carbocycles. The third kappa shape index (κ3) is 4.35. The molecule has 0 spiro atoms. The van der Waals surface area contributed by atoms with Crippen LogP contribution in [0.25, 0.3) is 0 Å². The molecule has 2 saturated heterocycles. The Morgan fingerprint density at radius 3 is 2.43 bits per heavy atom. The normalized spacial score (nSPS) is 19.3. The molecule has 2 aliphatic rings. The monoisotopic (exact) mass is 377 g/mol. The summed E-state index contributed by atoms with van der Waals surface area (Å²) >= 11 is 0. The van der Waals surface area contributed by atoms with E-state index in [0.717, 1.165) is 25.2 Å². The maximum atomic E-state index is 12.6. The number of likely N-dealkylation sites (tertiary alicyclic amines) is 1. The largest absolute Gasteiger partial charge is 0.372 e. The van der Waals surface area contributed by atoms with Crippen LogP contribution in [0.4, 0.5) is 11.4 Å². The number of benzene rings is 2. The number of carbonyl (C=O) groups excluding carboxylic acids is 2. The van der Waals surface area contributed by atoms with Gasteiger partial charge in [-0.3, -0.25) is 9.59 Å². The summed E-state index contributed by atoms with van der Waals surface area (Å²) < 4.78 is 0. The number of nitrogens with one attached hydrogen (secondary N) is 1. The van der Waals surface area contributed by atoms with Gasteiger partial charge in [-0.05, 0) is 49.1 Å². The molecule has 0 aromatic heterocycles. The van der Waals surface area contributed by atoms with Gasteiger partial charge in [-0.25, -0.2) is 0 Å². The third-order valence-electron chi connectivity index (χ3n) is 5.70. The van der Waals surface area contributed by atoms with Gasteiger partial charge in [0, 0.05) is 44.0 Å². The zero-order valence-electron chi connectivity index (χ0n) is 16.1. The van der Waals surface area contributed by atoms with Crippen LogP contribution in [0, 0.1) is 5.92 Å². The van der Waals surface area contributed by atoms with Gasteiger partial charge in [0.25, 0.3) is 0 Å². The summed E-state index contributed by atoms with van der Waals surface area (Å²) in [7, 11) is 0. The molecule has 0 bridgehead atoms. The molecule has 5 nitrogen and oxygen atoms in total. The molecule has 2 aliphatic heterocycles. The van der Waals surface area contributed by atoms with Crippen LogP contribution < -0.4 is 10.2 Å². The summed E-state index contributed by atoms with van der Waals surface area (Å²) in [6.07, 6.45) is 3.61. The summed E-state index contributed by atoms with van der Waals surface area (Å²) in [5.74, 6) is -0.272. The fourth-order valence-corrected chi connectivity index (χ4v) is 4.05. The van der Waals surface area contributed by atoms with E-state index in [-0.39, 0.29) is 17.7 Å². The topological polar surface area (TPSA) is 52.7 Å². The maximum absolute atomic E-state index is 12.6. The Labute approximate surface area is 166 Å². The Hall–Kier alpha value is -2.82. The van der Waals surface area contributed by atoms with Crippen molar-refractivity contribution < 1.29 is 9.59 Å². The Bertz CT molecular complexity index is 814. The third-order valence-corrected chi connectivity index (χ3v) is 5.70. The van der Waals surface area contributed by atoms with E-state index in [1.807, 2.05) is 35.2 Å². The zero-order chi connectivity index (χ0) is 19.3. The Morgan fingerprint density at radius 1 is 1.00 bits per heavy atom. The van der Waals surface area contributed by atoms with Crippen LogP contribution in [-0.2, 0) is 16.0 Å². The summed E-state index contributed by atoms with van der Waals surface area (Å²) in [5.41, 5.74) is 3.21. The standard InChI is InChI=1S/C23H27N3O2/c27-22-16-19(17-26(22)15-12-18-6-2-1-3-7-18)23(28)24-20-8-10-21(11-9-20)25-13-4-5-14-25/h1-3,6-11,19H,4-5,12-17H2,(H,24,28). The van der Waals surface area contributed by atoms with Gasteiger partial charge in [0.1, 0.15) is 0 Å². The van der Waals surface area contributed by atoms with Crippen LogP contribution in [0.15, 0.2) is 54.6 Å². The van der Waals surface area contributed by atoms with Gasteiger partial charge >= 0.3 is 0 Å². The first kappa shape index (κ1) is 18.5. The highest BCUT2D eigenvalue weighted by atomic mass is 16.2. The summed E-state index contributed by atoms with van der Waals surface area (Å²) in [6, 6.07) is 18.2. The lowest BCUT2D eigenvalue weighted by Crippen LogP contribution is -2.30. The lowest BCUT2D eigenvalue weighted by molar-refractivity contribution is -0.128. The molecule has 2 amide bonds. The minimum atomic E-state index is -0.276. The Kier molecular flexibility index (Phi) is 5.60. The van der Waals surface area contributed by atoms with Gasteiger partial charge in [0.05, 0.1) is 5.92 Å². The summed E-state index contributed by atoms with van der Waals surface area (Å²) in [4.78, 5) is 29.1. The van der Waals surface area contributed by atoms with Crippen molar-refractivity contribution in [1.82, 2.24) is 4.90 Å². The molecule has 1 atom stereocenters. The van der Waals surface area contributed by atoms with Crippen molar-refractivity contribution >= 4 is 23.2 Å². The lowest BCUT2D eigenvalue weighted by atomic mass is 10.1. The highest BCUT2D eigenvalue weighted by Gasteiger charge is 2.34. The second-order valence-corrected chi connectivity index (χ2v) is 7.71. The number of anilines is 2. The minimum Gasteiger partial charge on any atom is -0.372 e. The predicted octanol–water partition coefficient (Wildman–Crippen LogP) is 3.32. The smallest absolute Gasteiger partial charge is 0.229 e. The highest BCUT2D eigenvalue weighted by molar-refractivity contribution is 5.97. The number of amides is 2. The SMILES string of the molecule is O=C(Nc1ccc(N2CCCC2)cc1)C1CC(=O)N(CCc2ccccc2)C1. The van der Waals surface area contributed by atoms with E-state index in [0.29, 0.717) is 19.5 Å². The first-order valence-electron chi connectivity index (χ1n) is 10.2. The summed E-state index contributed by atoms with van der Waals surface area (Å²) in [5, 5.41) is 2.98. The van der Waals surface area contributed by atoms with E-state index in [9.17, 15) is 9.59 Å². The average molecular weight is 377 g/mol. The number of hydrogen-bond acceptors (Lipinski definition) is 3. The highest BCUT2D eigenvalue weighted by Crippen LogP contribution is 2.24. The van der Waals surface area contributed by atoms with Crippen LogP contribution in [0.1, 0.15) is 24.8 Å². The zero-order valence-corrected chi connectivity index (χ0v) is 16.1. The van der Waals surface area contributed by atoms with Gasteiger partial charge in [0.2, 0.25) is 11.8 Å². The molecule has 2 fully saturated rings. The first-order valence-corrected chi connectivity index (χ1v) is 10.2. The Morgan fingerprint density at radius 2 is 1.71 bits per heavy atom. The quantitative estimate of drug-likeness (QED) is 0.840. The van der Waals surface area contributed by atoms with Crippen molar-refractivity contribution in [2.75, 3.05) is 36.4 Å². The fourth-order valence-electron chi connectivity index (χ4n) is 4.05. The van der Waals surface area contributed by atoms with Crippen LogP contribution in [0.5, 0.6) is 0 Å². The van der Waals surface area contributed by atoms with E-state index >= 15 is 0 Å². The number of carbonyl (C=O) groups is 2. The van der Waals surface area contributed by atoms with Gasteiger partial charge in [-0.15, -0.1) is 0 Å². The molecule has 0 radical (unpaired) electrons. The molecule has 4 rings (SSSR count). The van der Waals surface area contributed by atoms with E-state index in [4.69, 9.17) is 0 Å². The molecule has 2 heterocycles. The average Bonchev–Trinajstić information content (AvgIpc) is 3.38. The molecule has 1 N–H and O–H groups in total. The number of hydrogen-bond donors (Lipinski definition) is 1.